The SMILES string of the molecule is CNC1N=C(C)C(C(=O)OC)C(c2ccc(C#N)cc2)N1C(=O)NCCN(C)C. The molecule has 156 valence electrons. The van der Waals surface area contributed by atoms with Crippen LogP contribution < -0.4 is 10.6 Å². The van der Waals surface area contributed by atoms with E-state index < -0.39 is 24.2 Å². The summed E-state index contributed by atoms with van der Waals surface area (Å²) in [5, 5.41) is 15.0. The summed E-state index contributed by atoms with van der Waals surface area (Å²) in [5.74, 6) is -1.22. The highest BCUT2D eigenvalue weighted by molar-refractivity contribution is 6.03. The summed E-state index contributed by atoms with van der Waals surface area (Å²) in [6, 6.07) is 7.95. The van der Waals surface area contributed by atoms with Crippen LogP contribution in [0.3, 0.4) is 0 Å². The van der Waals surface area contributed by atoms with Crippen molar-refractivity contribution in [3.63, 3.8) is 0 Å². The van der Waals surface area contributed by atoms with Crippen molar-refractivity contribution < 1.29 is 14.3 Å². The Balaban J connectivity index is 2.49. The normalized spacial score (nSPS) is 21.3. The van der Waals surface area contributed by atoms with E-state index >= 15 is 0 Å². The fourth-order valence-electron chi connectivity index (χ4n) is 3.33. The lowest BCUT2D eigenvalue weighted by Gasteiger charge is -2.43. The quantitative estimate of drug-likeness (QED) is 0.688. The number of methoxy groups -OCH3 is 1. The number of rotatable bonds is 6. The minimum atomic E-state index is -0.753. The fraction of sp³-hybridized carbons (Fsp3) is 0.500. The maximum Gasteiger partial charge on any atom is 0.320 e. The average molecular weight is 400 g/mol. The molecule has 2 amide bonds. The predicted molar refractivity (Wildman–Crippen MR) is 109 cm³/mol. The molecular formula is C20H28N6O3. The van der Waals surface area contributed by atoms with Gasteiger partial charge in [0.15, 0.2) is 6.29 Å². The maximum absolute atomic E-state index is 13.1. The van der Waals surface area contributed by atoms with Crippen molar-refractivity contribution in [2.75, 3.05) is 41.3 Å². The third kappa shape index (κ3) is 5.10. The number of likely N-dealkylation sites (N-methyl/N-ethyl adjacent to an activating group) is 1. The van der Waals surface area contributed by atoms with Gasteiger partial charge in [0.1, 0.15) is 5.92 Å². The molecule has 0 bridgehead atoms. The van der Waals surface area contributed by atoms with Gasteiger partial charge in [0.25, 0.3) is 0 Å². The number of ether oxygens (including phenoxy) is 1. The Labute approximate surface area is 171 Å². The molecule has 29 heavy (non-hydrogen) atoms. The van der Waals surface area contributed by atoms with Crippen molar-refractivity contribution in [3.05, 3.63) is 35.4 Å². The van der Waals surface area contributed by atoms with Crippen LogP contribution in [0.25, 0.3) is 0 Å². The molecule has 0 saturated heterocycles. The monoisotopic (exact) mass is 400 g/mol. The largest absolute Gasteiger partial charge is 0.468 e. The van der Waals surface area contributed by atoms with Crippen molar-refractivity contribution in [2.24, 2.45) is 10.9 Å². The zero-order chi connectivity index (χ0) is 21.6. The Morgan fingerprint density at radius 1 is 1.31 bits per heavy atom. The van der Waals surface area contributed by atoms with Crippen LogP contribution in [-0.4, -0.2) is 75.1 Å². The highest BCUT2D eigenvalue weighted by Gasteiger charge is 2.45. The van der Waals surface area contributed by atoms with Crippen molar-refractivity contribution in [1.29, 1.82) is 5.26 Å². The van der Waals surface area contributed by atoms with Crippen molar-refractivity contribution in [2.45, 2.75) is 19.3 Å². The molecule has 1 aliphatic heterocycles. The Morgan fingerprint density at radius 3 is 2.48 bits per heavy atom. The van der Waals surface area contributed by atoms with Crippen LogP contribution >= 0.6 is 0 Å². The summed E-state index contributed by atoms with van der Waals surface area (Å²) in [6.07, 6.45) is -0.643. The number of amides is 2. The molecule has 2 N–H and O–H groups in total. The molecule has 0 fully saturated rings. The number of esters is 1. The second kappa shape index (κ2) is 10.0. The number of hydrogen-bond acceptors (Lipinski definition) is 7. The van der Waals surface area contributed by atoms with Gasteiger partial charge in [-0.3, -0.25) is 20.0 Å². The summed E-state index contributed by atoms with van der Waals surface area (Å²) in [7, 11) is 6.86. The fourth-order valence-corrected chi connectivity index (χ4v) is 3.33. The van der Waals surface area contributed by atoms with E-state index in [0.717, 1.165) is 5.56 Å². The molecule has 3 unspecified atom stereocenters. The van der Waals surface area contributed by atoms with Crippen LogP contribution in [-0.2, 0) is 9.53 Å². The van der Waals surface area contributed by atoms with Crippen molar-refractivity contribution in [3.8, 4) is 6.07 Å². The van der Waals surface area contributed by atoms with Gasteiger partial charge in [-0.2, -0.15) is 5.26 Å². The molecule has 1 aromatic rings. The minimum absolute atomic E-state index is 0.342. The van der Waals surface area contributed by atoms with Crippen molar-refractivity contribution in [1.82, 2.24) is 20.4 Å². The molecule has 0 saturated carbocycles. The first-order valence-electron chi connectivity index (χ1n) is 9.34. The van der Waals surface area contributed by atoms with E-state index in [0.29, 0.717) is 24.4 Å². The lowest BCUT2D eigenvalue weighted by atomic mass is 9.86. The average Bonchev–Trinajstić information content (AvgIpc) is 2.71. The topological polar surface area (TPSA) is 110 Å². The molecule has 9 nitrogen and oxygen atoms in total. The van der Waals surface area contributed by atoms with E-state index in [1.165, 1.54) is 12.0 Å². The van der Waals surface area contributed by atoms with Gasteiger partial charge in [0.05, 0.1) is 24.8 Å². The molecule has 1 aromatic carbocycles. The number of nitrogens with one attached hydrogen (secondary N) is 2. The Kier molecular flexibility index (Phi) is 7.70. The third-order valence-corrected chi connectivity index (χ3v) is 4.82. The van der Waals surface area contributed by atoms with Crippen LogP contribution in [0.4, 0.5) is 4.79 Å². The Hall–Kier alpha value is -2.96. The first-order valence-corrected chi connectivity index (χ1v) is 9.34. The Bertz CT molecular complexity index is 799. The molecule has 9 heteroatoms. The summed E-state index contributed by atoms with van der Waals surface area (Å²) in [5.41, 5.74) is 1.79. The lowest BCUT2D eigenvalue weighted by molar-refractivity contribution is -0.145. The predicted octanol–water partition coefficient (Wildman–Crippen LogP) is 0.939. The number of nitrogens with zero attached hydrogens (tertiary/aromatic N) is 4. The van der Waals surface area contributed by atoms with Gasteiger partial charge >= 0.3 is 12.0 Å². The van der Waals surface area contributed by atoms with E-state index in [-0.39, 0.29) is 6.03 Å². The maximum atomic E-state index is 13.1. The third-order valence-electron chi connectivity index (χ3n) is 4.82. The molecule has 0 spiro atoms. The molecule has 2 rings (SSSR count). The van der Waals surface area contributed by atoms with Gasteiger partial charge in [-0.1, -0.05) is 12.1 Å². The molecular weight excluding hydrogens is 372 g/mol. The number of carbonyl (C=O) groups excluding carboxylic acids is 2. The number of benzene rings is 1. The van der Waals surface area contributed by atoms with Crippen LogP contribution in [0.2, 0.25) is 0 Å². The van der Waals surface area contributed by atoms with Crippen LogP contribution in [0.15, 0.2) is 29.3 Å². The first-order chi connectivity index (χ1) is 13.8. The zero-order valence-corrected chi connectivity index (χ0v) is 17.5. The van der Waals surface area contributed by atoms with E-state index in [2.05, 4.69) is 21.7 Å². The molecule has 1 aliphatic rings. The first kappa shape index (κ1) is 22.3. The van der Waals surface area contributed by atoms with Gasteiger partial charge in [-0.15, -0.1) is 0 Å². The van der Waals surface area contributed by atoms with Gasteiger partial charge < -0.3 is 15.0 Å². The summed E-state index contributed by atoms with van der Waals surface area (Å²) >= 11 is 0. The van der Waals surface area contributed by atoms with Gasteiger partial charge in [-0.25, -0.2) is 4.79 Å². The van der Waals surface area contributed by atoms with Gasteiger partial charge in [0.2, 0.25) is 0 Å². The lowest BCUT2D eigenvalue weighted by Crippen LogP contribution is -2.58. The summed E-state index contributed by atoms with van der Waals surface area (Å²) in [4.78, 5) is 33.7. The van der Waals surface area contributed by atoms with Crippen LogP contribution in [0.1, 0.15) is 24.1 Å². The molecule has 0 aliphatic carbocycles. The smallest absolute Gasteiger partial charge is 0.320 e. The van der Waals surface area contributed by atoms with Crippen LogP contribution in [0.5, 0.6) is 0 Å². The standard InChI is InChI=1S/C20H28N6O3/c1-13-16(18(27)29-5)17(15-8-6-14(12-21)7-9-15)26(19(22-2)24-13)20(28)23-10-11-25(3)4/h6-9,16-17,19,22H,10-11H2,1-5H3,(H,23,28). The van der Waals surface area contributed by atoms with E-state index in [9.17, 15) is 9.59 Å². The van der Waals surface area contributed by atoms with E-state index in [4.69, 9.17) is 10.00 Å². The van der Waals surface area contributed by atoms with Crippen LogP contribution in [0, 0.1) is 17.2 Å². The number of carbonyl (C=O) groups is 2. The number of aliphatic imine (C=N–C) groups is 1. The molecule has 3 atom stereocenters. The number of nitriles is 1. The van der Waals surface area contributed by atoms with E-state index in [1.807, 2.05) is 19.0 Å². The second-order valence-electron chi connectivity index (χ2n) is 7.05. The Morgan fingerprint density at radius 2 is 1.97 bits per heavy atom. The molecule has 0 radical (unpaired) electrons. The van der Waals surface area contributed by atoms with Gasteiger partial charge in [0, 0.05) is 18.8 Å². The summed E-state index contributed by atoms with van der Waals surface area (Å²) < 4.78 is 5.01. The summed E-state index contributed by atoms with van der Waals surface area (Å²) in [6.45, 7) is 2.88. The van der Waals surface area contributed by atoms with Gasteiger partial charge in [-0.05, 0) is 45.8 Å². The molecule has 1 heterocycles. The van der Waals surface area contributed by atoms with Crippen molar-refractivity contribution >= 4 is 17.7 Å². The number of urea groups is 1. The molecule has 0 aromatic heterocycles. The second-order valence-corrected chi connectivity index (χ2v) is 7.05. The zero-order valence-electron chi connectivity index (χ0n) is 17.5. The van der Waals surface area contributed by atoms with E-state index in [1.54, 1.807) is 38.2 Å². The number of hydrogen-bond donors (Lipinski definition) is 2. The highest BCUT2D eigenvalue weighted by Crippen LogP contribution is 2.36. The minimum Gasteiger partial charge on any atom is -0.468 e. The highest BCUT2D eigenvalue weighted by atomic mass is 16.5.